The summed E-state index contributed by atoms with van der Waals surface area (Å²) in [6.07, 6.45) is 22.0. The molecule has 1 atom stereocenters. The summed E-state index contributed by atoms with van der Waals surface area (Å²) in [6.45, 7) is 3.51. The van der Waals surface area contributed by atoms with Crippen LogP contribution in [0.15, 0.2) is 12.2 Å². The standard InChI is InChI=1S/C21H41O5P/c1-3-4-5-6-7-8-9-10-11-12-13-14-15-16-17-18-19-26-21(22)20(2)27(23,24)25/h17-18,20H,3-16,19H2,1-2H3,(H2,23,24,25). The van der Waals surface area contributed by atoms with Gasteiger partial charge < -0.3 is 14.5 Å². The molecule has 0 aliphatic rings. The zero-order chi connectivity index (χ0) is 20.4. The summed E-state index contributed by atoms with van der Waals surface area (Å²) >= 11 is 0. The third-order valence-corrected chi connectivity index (χ3v) is 6.03. The zero-order valence-electron chi connectivity index (χ0n) is 17.4. The fourth-order valence-corrected chi connectivity index (χ4v) is 3.20. The van der Waals surface area contributed by atoms with Gasteiger partial charge in [0.05, 0.1) is 0 Å². The first-order valence-corrected chi connectivity index (χ1v) is 12.4. The number of esters is 1. The van der Waals surface area contributed by atoms with Crippen LogP contribution in [0, 0.1) is 0 Å². The first-order valence-electron chi connectivity index (χ1n) is 10.8. The maximum atomic E-state index is 11.4. The van der Waals surface area contributed by atoms with E-state index in [2.05, 4.69) is 6.92 Å². The lowest BCUT2D eigenvalue weighted by molar-refractivity contribution is -0.141. The van der Waals surface area contributed by atoms with E-state index in [4.69, 9.17) is 14.5 Å². The van der Waals surface area contributed by atoms with Crippen molar-refractivity contribution >= 4 is 13.6 Å². The third-order valence-electron chi connectivity index (χ3n) is 4.81. The van der Waals surface area contributed by atoms with E-state index in [1.165, 1.54) is 84.0 Å². The van der Waals surface area contributed by atoms with Gasteiger partial charge >= 0.3 is 13.6 Å². The monoisotopic (exact) mass is 404 g/mol. The second-order valence-corrected chi connectivity index (χ2v) is 9.35. The Bertz CT molecular complexity index is 430. The van der Waals surface area contributed by atoms with E-state index in [0.29, 0.717) is 0 Å². The van der Waals surface area contributed by atoms with Crippen molar-refractivity contribution in [3.63, 3.8) is 0 Å². The zero-order valence-corrected chi connectivity index (χ0v) is 18.3. The van der Waals surface area contributed by atoms with Gasteiger partial charge in [0.25, 0.3) is 0 Å². The predicted molar refractivity (Wildman–Crippen MR) is 112 cm³/mol. The number of hydrogen-bond acceptors (Lipinski definition) is 3. The molecule has 0 amide bonds. The van der Waals surface area contributed by atoms with Crippen LogP contribution in [0.3, 0.4) is 0 Å². The third kappa shape index (κ3) is 17.2. The van der Waals surface area contributed by atoms with Gasteiger partial charge in [0.1, 0.15) is 6.61 Å². The highest BCUT2D eigenvalue weighted by Gasteiger charge is 2.32. The molecule has 0 spiro atoms. The van der Waals surface area contributed by atoms with Gasteiger partial charge in [-0.25, -0.2) is 0 Å². The molecule has 2 N–H and O–H groups in total. The van der Waals surface area contributed by atoms with Gasteiger partial charge in [-0.3, -0.25) is 9.36 Å². The van der Waals surface area contributed by atoms with Crippen molar-refractivity contribution in [2.45, 2.75) is 109 Å². The van der Waals surface area contributed by atoms with Crippen molar-refractivity contribution in [2.24, 2.45) is 0 Å². The lowest BCUT2D eigenvalue weighted by atomic mass is 10.0. The van der Waals surface area contributed by atoms with Crippen LogP contribution in [-0.2, 0) is 14.1 Å². The molecular formula is C21H41O5P. The summed E-state index contributed by atoms with van der Waals surface area (Å²) in [7, 11) is -4.40. The molecule has 0 aromatic rings. The average Bonchev–Trinajstić information content (AvgIpc) is 2.62. The Morgan fingerprint density at radius 1 is 0.852 bits per heavy atom. The molecule has 0 rings (SSSR count). The molecule has 0 bridgehead atoms. The van der Waals surface area contributed by atoms with Gasteiger partial charge in [-0.2, -0.15) is 0 Å². The van der Waals surface area contributed by atoms with Gasteiger partial charge in [0.2, 0.25) is 0 Å². The number of rotatable bonds is 18. The molecular weight excluding hydrogens is 363 g/mol. The van der Waals surface area contributed by atoms with E-state index < -0.39 is 19.2 Å². The highest BCUT2D eigenvalue weighted by atomic mass is 31.2. The van der Waals surface area contributed by atoms with E-state index in [-0.39, 0.29) is 6.61 Å². The van der Waals surface area contributed by atoms with Crippen LogP contribution in [0.4, 0.5) is 0 Å². The number of carbonyl (C=O) groups excluding carboxylic acids is 1. The Kier molecular flexibility index (Phi) is 17.0. The number of carbonyl (C=O) groups is 1. The fraction of sp³-hybridized carbons (Fsp3) is 0.857. The molecule has 1 unspecified atom stereocenters. The summed E-state index contributed by atoms with van der Waals surface area (Å²) in [4.78, 5) is 29.2. The highest BCUT2D eigenvalue weighted by Crippen LogP contribution is 2.41. The maximum absolute atomic E-state index is 11.4. The Hall–Kier alpha value is -0.640. The van der Waals surface area contributed by atoms with Crippen molar-refractivity contribution in [3.05, 3.63) is 12.2 Å². The molecule has 0 heterocycles. The second kappa shape index (κ2) is 17.5. The summed E-state index contributed by atoms with van der Waals surface area (Å²) < 4.78 is 15.8. The van der Waals surface area contributed by atoms with Crippen LogP contribution in [-0.4, -0.2) is 28.0 Å². The van der Waals surface area contributed by atoms with Crippen molar-refractivity contribution in [1.82, 2.24) is 0 Å². The minimum atomic E-state index is -4.40. The van der Waals surface area contributed by atoms with E-state index in [1.807, 2.05) is 6.08 Å². The maximum Gasteiger partial charge on any atom is 0.339 e. The van der Waals surface area contributed by atoms with Crippen LogP contribution in [0.2, 0.25) is 0 Å². The molecule has 0 radical (unpaired) electrons. The molecule has 160 valence electrons. The van der Waals surface area contributed by atoms with Crippen LogP contribution in [0.1, 0.15) is 104 Å². The van der Waals surface area contributed by atoms with Crippen molar-refractivity contribution in [3.8, 4) is 0 Å². The smallest absolute Gasteiger partial charge is 0.339 e. The first kappa shape index (κ1) is 26.4. The molecule has 6 heteroatoms. The van der Waals surface area contributed by atoms with Gasteiger partial charge in [0.15, 0.2) is 5.66 Å². The SMILES string of the molecule is CCCCCCCCCCCCCCCC=CCOC(=O)C(C)P(=O)(O)O. The van der Waals surface area contributed by atoms with E-state index >= 15 is 0 Å². The molecule has 0 aromatic heterocycles. The Balaban J connectivity index is 3.34. The summed E-state index contributed by atoms with van der Waals surface area (Å²) in [6, 6.07) is 0. The quantitative estimate of drug-likeness (QED) is 0.124. The largest absolute Gasteiger partial charge is 0.461 e. The van der Waals surface area contributed by atoms with E-state index in [0.717, 1.165) is 12.8 Å². The predicted octanol–water partition coefficient (Wildman–Crippen LogP) is 6.13. The van der Waals surface area contributed by atoms with Crippen LogP contribution in [0.5, 0.6) is 0 Å². The summed E-state index contributed by atoms with van der Waals surface area (Å²) in [5.74, 6) is -0.853. The number of allylic oxidation sites excluding steroid dienone is 1. The number of ether oxygens (including phenoxy) is 1. The first-order chi connectivity index (χ1) is 12.9. The Morgan fingerprint density at radius 2 is 1.30 bits per heavy atom. The Labute approximate surface area is 166 Å². The van der Waals surface area contributed by atoms with Gasteiger partial charge in [-0.1, -0.05) is 96.1 Å². The molecule has 0 saturated heterocycles. The summed E-state index contributed by atoms with van der Waals surface area (Å²) in [5.41, 5.74) is -1.40. The molecule has 0 aliphatic heterocycles. The van der Waals surface area contributed by atoms with Gasteiger partial charge in [-0.05, 0) is 19.8 Å². The molecule has 0 saturated carbocycles. The lowest BCUT2D eigenvalue weighted by Crippen LogP contribution is -2.20. The molecule has 27 heavy (non-hydrogen) atoms. The number of hydrogen-bond donors (Lipinski definition) is 2. The van der Waals surface area contributed by atoms with Crippen molar-refractivity contribution in [1.29, 1.82) is 0 Å². The molecule has 0 aliphatic carbocycles. The minimum absolute atomic E-state index is 0.0710. The van der Waals surface area contributed by atoms with E-state index in [1.54, 1.807) is 6.08 Å². The molecule has 0 aromatic carbocycles. The van der Waals surface area contributed by atoms with Gasteiger partial charge in [0, 0.05) is 0 Å². The van der Waals surface area contributed by atoms with Crippen molar-refractivity contribution < 1.29 is 23.9 Å². The normalized spacial score (nSPS) is 13.2. The van der Waals surface area contributed by atoms with Crippen LogP contribution in [0.25, 0.3) is 0 Å². The minimum Gasteiger partial charge on any atom is -0.461 e. The second-order valence-electron chi connectivity index (χ2n) is 7.40. The highest BCUT2D eigenvalue weighted by molar-refractivity contribution is 7.53. The Morgan fingerprint density at radius 3 is 1.74 bits per heavy atom. The number of unbranched alkanes of at least 4 members (excludes halogenated alkanes) is 13. The average molecular weight is 405 g/mol. The van der Waals surface area contributed by atoms with Gasteiger partial charge in [-0.15, -0.1) is 0 Å². The van der Waals surface area contributed by atoms with E-state index in [9.17, 15) is 9.36 Å². The lowest BCUT2D eigenvalue weighted by Gasteiger charge is -2.11. The summed E-state index contributed by atoms with van der Waals surface area (Å²) in [5, 5.41) is 0. The van der Waals surface area contributed by atoms with Crippen LogP contribution >= 0.6 is 7.60 Å². The van der Waals surface area contributed by atoms with Crippen molar-refractivity contribution in [2.75, 3.05) is 6.61 Å². The molecule has 0 fully saturated rings. The fourth-order valence-electron chi connectivity index (χ4n) is 2.85. The topological polar surface area (TPSA) is 83.8 Å². The van der Waals surface area contributed by atoms with Crippen LogP contribution < -0.4 is 0 Å². The molecule has 5 nitrogen and oxygen atoms in total.